The summed E-state index contributed by atoms with van der Waals surface area (Å²) in [5, 5.41) is 3.98. The molecule has 1 aromatic carbocycles. The Morgan fingerprint density at radius 3 is 2.12 bits per heavy atom. The molecule has 2 aromatic heterocycles. The minimum atomic E-state index is -5.20. The maximum absolute atomic E-state index is 13.0. The molecule has 0 saturated carbocycles. The number of hydrogen-bond donors (Lipinski definition) is 1. The van der Waals surface area contributed by atoms with Gasteiger partial charge < -0.3 is 4.42 Å². The number of sulfonamides is 1. The first-order valence-electron chi connectivity index (χ1n) is 8.68. The van der Waals surface area contributed by atoms with Gasteiger partial charge in [-0.1, -0.05) is 0 Å². The van der Waals surface area contributed by atoms with Crippen LogP contribution in [-0.4, -0.2) is 24.7 Å². The van der Waals surface area contributed by atoms with Crippen molar-refractivity contribution in [3.8, 4) is 11.5 Å². The van der Waals surface area contributed by atoms with Crippen LogP contribution in [0.3, 0.4) is 0 Å². The molecule has 0 fully saturated rings. The van der Waals surface area contributed by atoms with E-state index in [9.17, 15) is 39.6 Å². The van der Waals surface area contributed by atoms with Crippen LogP contribution in [0.1, 0.15) is 11.1 Å². The van der Waals surface area contributed by atoms with Crippen LogP contribution in [0.15, 0.2) is 62.8 Å². The summed E-state index contributed by atoms with van der Waals surface area (Å²) in [6.07, 6.45) is -9.03. The molecule has 0 saturated heterocycles. The third kappa shape index (κ3) is 5.37. The molecular weight excluding hydrogens is 468 g/mol. The quantitative estimate of drug-likeness (QED) is 0.544. The van der Waals surface area contributed by atoms with Crippen molar-refractivity contribution in [3.63, 3.8) is 0 Å². The van der Waals surface area contributed by atoms with Gasteiger partial charge in [0.2, 0.25) is 10.0 Å². The van der Waals surface area contributed by atoms with Crippen LogP contribution >= 0.6 is 0 Å². The monoisotopic (exact) mass is 481 g/mol. The number of aromatic nitrogens is 2. The summed E-state index contributed by atoms with van der Waals surface area (Å²) in [5.41, 5.74) is -3.89. The fraction of sp³-hybridized carbons (Fsp3) is 0.222. The van der Waals surface area contributed by atoms with E-state index in [0.717, 1.165) is 10.7 Å². The third-order valence-electron chi connectivity index (χ3n) is 4.13. The summed E-state index contributed by atoms with van der Waals surface area (Å²) in [4.78, 5) is 10.7. The highest BCUT2D eigenvalue weighted by Crippen LogP contribution is 2.37. The highest BCUT2D eigenvalue weighted by Gasteiger charge is 2.38. The van der Waals surface area contributed by atoms with Crippen molar-refractivity contribution in [1.29, 1.82) is 0 Å². The van der Waals surface area contributed by atoms with E-state index in [1.807, 2.05) is 4.72 Å². The Balaban J connectivity index is 1.83. The molecule has 0 bridgehead atoms. The maximum atomic E-state index is 13.0. The second-order valence-corrected chi connectivity index (χ2v) is 8.16. The lowest BCUT2D eigenvalue weighted by molar-refractivity contribution is -0.143. The molecule has 32 heavy (non-hydrogen) atoms. The van der Waals surface area contributed by atoms with Crippen LogP contribution < -0.4 is 10.3 Å². The van der Waals surface area contributed by atoms with Gasteiger partial charge in [-0.3, -0.25) is 4.79 Å². The average molecular weight is 481 g/mol. The zero-order valence-corrected chi connectivity index (χ0v) is 16.6. The van der Waals surface area contributed by atoms with Crippen LogP contribution in [0.2, 0.25) is 0 Å². The van der Waals surface area contributed by atoms with Gasteiger partial charge in [0.1, 0.15) is 5.69 Å². The lowest BCUT2D eigenvalue weighted by Crippen LogP contribution is -2.32. The number of halogens is 6. The first-order chi connectivity index (χ1) is 14.8. The molecule has 14 heteroatoms. The van der Waals surface area contributed by atoms with Crippen molar-refractivity contribution < 1.29 is 39.2 Å². The van der Waals surface area contributed by atoms with Crippen molar-refractivity contribution in [2.75, 3.05) is 6.54 Å². The van der Waals surface area contributed by atoms with Gasteiger partial charge in [0.15, 0.2) is 5.76 Å². The second kappa shape index (κ2) is 8.43. The van der Waals surface area contributed by atoms with E-state index in [1.54, 1.807) is 12.1 Å². The van der Waals surface area contributed by atoms with E-state index < -0.39 is 50.5 Å². The molecule has 0 unspecified atom stereocenters. The number of furan rings is 1. The van der Waals surface area contributed by atoms with E-state index in [2.05, 4.69) is 5.10 Å². The normalized spacial score (nSPS) is 12.8. The van der Waals surface area contributed by atoms with Crippen molar-refractivity contribution in [2.24, 2.45) is 0 Å². The smallest absolute Gasteiger partial charge is 0.416 e. The molecule has 0 radical (unpaired) electrons. The first-order valence-corrected chi connectivity index (χ1v) is 10.2. The Morgan fingerprint density at radius 2 is 1.59 bits per heavy atom. The zero-order chi connectivity index (χ0) is 23.7. The SMILES string of the molecule is O=c1ccc(-c2ccco2)nn1CCNS(=O)(=O)c1cc(C(F)(F)F)cc(C(F)(F)F)c1. The predicted molar refractivity (Wildman–Crippen MR) is 97.8 cm³/mol. The van der Waals surface area contributed by atoms with Crippen molar-refractivity contribution >= 4 is 10.0 Å². The number of benzene rings is 1. The topological polar surface area (TPSA) is 94.2 Å². The lowest BCUT2D eigenvalue weighted by Gasteiger charge is -2.15. The highest BCUT2D eigenvalue weighted by atomic mass is 32.2. The van der Waals surface area contributed by atoms with Crippen LogP contribution in [0.4, 0.5) is 26.3 Å². The third-order valence-corrected chi connectivity index (χ3v) is 5.57. The fourth-order valence-corrected chi connectivity index (χ4v) is 3.71. The van der Waals surface area contributed by atoms with Gasteiger partial charge in [0.25, 0.3) is 5.56 Å². The fourth-order valence-electron chi connectivity index (χ4n) is 2.62. The van der Waals surface area contributed by atoms with E-state index in [4.69, 9.17) is 4.42 Å². The zero-order valence-electron chi connectivity index (χ0n) is 15.7. The van der Waals surface area contributed by atoms with Gasteiger partial charge in [-0.25, -0.2) is 17.8 Å². The maximum Gasteiger partial charge on any atom is 0.416 e. The predicted octanol–water partition coefficient (Wildman–Crippen LogP) is 3.52. The summed E-state index contributed by atoms with van der Waals surface area (Å²) >= 11 is 0. The van der Waals surface area contributed by atoms with Crippen molar-refractivity contribution in [1.82, 2.24) is 14.5 Å². The standard InChI is InChI=1S/C18H13F6N3O4S/c19-17(20,21)11-8-12(18(22,23)24)10-13(9-11)32(29,30)25-5-6-27-16(28)4-3-14(26-27)15-2-1-7-31-15/h1-4,7-10,25H,5-6H2. The Hall–Kier alpha value is -3.13. The number of nitrogens with one attached hydrogen (secondary N) is 1. The lowest BCUT2D eigenvalue weighted by atomic mass is 10.1. The summed E-state index contributed by atoms with van der Waals surface area (Å²) < 4.78 is 110. The van der Waals surface area contributed by atoms with Crippen LogP contribution in [-0.2, 0) is 28.9 Å². The summed E-state index contributed by atoms with van der Waals surface area (Å²) in [5.74, 6) is 0.322. The van der Waals surface area contributed by atoms with Crippen LogP contribution in [0.25, 0.3) is 11.5 Å². The molecule has 0 aliphatic heterocycles. The number of alkyl halides is 6. The van der Waals surface area contributed by atoms with Gasteiger partial charge in [-0.15, -0.1) is 0 Å². The van der Waals surface area contributed by atoms with Gasteiger partial charge in [0.05, 0.1) is 28.8 Å². The summed E-state index contributed by atoms with van der Waals surface area (Å²) in [6, 6.07) is 5.66. The van der Waals surface area contributed by atoms with E-state index >= 15 is 0 Å². The van der Waals surface area contributed by atoms with Gasteiger partial charge >= 0.3 is 12.4 Å². The molecule has 0 amide bonds. The minimum absolute atomic E-state index is 0.0967. The molecule has 3 aromatic rings. The Labute approximate surface area is 176 Å². The molecule has 0 aliphatic rings. The molecule has 2 heterocycles. The van der Waals surface area contributed by atoms with Crippen LogP contribution in [0.5, 0.6) is 0 Å². The molecule has 172 valence electrons. The summed E-state index contributed by atoms with van der Waals surface area (Å²) in [7, 11) is -4.77. The largest absolute Gasteiger partial charge is 0.463 e. The van der Waals surface area contributed by atoms with Gasteiger partial charge in [-0.2, -0.15) is 31.4 Å². The average Bonchev–Trinajstić information content (AvgIpc) is 3.22. The Kier molecular flexibility index (Phi) is 6.20. The number of rotatable bonds is 6. The molecule has 7 nitrogen and oxygen atoms in total. The Bertz CT molecular complexity index is 1230. The number of nitrogens with zero attached hydrogens (tertiary/aromatic N) is 2. The van der Waals surface area contributed by atoms with E-state index in [1.165, 1.54) is 12.3 Å². The molecule has 1 N–H and O–H groups in total. The summed E-state index contributed by atoms with van der Waals surface area (Å²) in [6.45, 7) is -0.883. The molecule has 0 atom stereocenters. The Morgan fingerprint density at radius 1 is 0.969 bits per heavy atom. The second-order valence-electron chi connectivity index (χ2n) is 6.40. The van der Waals surface area contributed by atoms with Crippen molar-refractivity contribution in [3.05, 3.63) is 70.2 Å². The van der Waals surface area contributed by atoms with Gasteiger partial charge in [-0.05, 0) is 36.4 Å². The molecule has 3 rings (SSSR count). The van der Waals surface area contributed by atoms with Gasteiger partial charge in [0, 0.05) is 12.6 Å². The molecule has 0 spiro atoms. The van der Waals surface area contributed by atoms with E-state index in [0.29, 0.717) is 5.76 Å². The molecular formula is C18H13F6N3O4S. The van der Waals surface area contributed by atoms with Crippen molar-refractivity contribution in [2.45, 2.75) is 23.8 Å². The minimum Gasteiger partial charge on any atom is -0.463 e. The number of hydrogen-bond acceptors (Lipinski definition) is 5. The molecule has 0 aliphatic carbocycles. The first kappa shape index (κ1) is 23.5. The highest BCUT2D eigenvalue weighted by molar-refractivity contribution is 7.89. The van der Waals surface area contributed by atoms with Crippen LogP contribution in [0, 0.1) is 0 Å². The van der Waals surface area contributed by atoms with E-state index in [-0.39, 0.29) is 30.4 Å².